The standard InChI is InChI=1S/2C25H20.C2H6/c1-25(2)23-13-6-5-10-21(23)22-12-7-11-20(24(22)25)19-15-14-17-8-3-4-9-18(17)16-19;1-25(2)23-10-6-5-9-21(23)22-14-13-20(16-24(22)25)19-12-11-17-7-3-4-8-18(17)15-19;1-2/h2*3-16H,1-2H3;1-2H3. The molecule has 0 bridgehead atoms. The van der Waals surface area contributed by atoms with E-state index in [1.807, 2.05) is 13.8 Å². The van der Waals surface area contributed by atoms with Gasteiger partial charge in [0, 0.05) is 10.8 Å². The topological polar surface area (TPSA) is 0 Å². The molecule has 0 nitrogen and oxygen atoms in total. The molecule has 254 valence electrons. The molecule has 0 N–H and O–H groups in total. The lowest BCUT2D eigenvalue weighted by atomic mass is 9.78. The third-order valence-electron chi connectivity index (χ3n) is 11.3. The van der Waals surface area contributed by atoms with Gasteiger partial charge in [0.05, 0.1) is 0 Å². The SMILES string of the molecule is CC.CC1(C)c2ccccc2-c2ccc(-c3ccc4ccccc4c3)cc21.CC1(C)c2ccccc2-c2cccc(-c3ccc4ccccc4c3)c21. The molecule has 2 aliphatic carbocycles. The molecule has 0 saturated carbocycles. The first kappa shape index (κ1) is 33.4. The van der Waals surface area contributed by atoms with Crippen LogP contribution in [0.2, 0.25) is 0 Å². The van der Waals surface area contributed by atoms with E-state index in [0.717, 1.165) is 0 Å². The van der Waals surface area contributed by atoms with Crippen LogP contribution in [0.25, 0.3) is 66.1 Å². The Bertz CT molecular complexity index is 2600. The zero-order chi connectivity index (χ0) is 36.0. The second kappa shape index (κ2) is 13.1. The third-order valence-corrected chi connectivity index (χ3v) is 11.3. The van der Waals surface area contributed by atoms with Gasteiger partial charge in [0.25, 0.3) is 0 Å². The van der Waals surface area contributed by atoms with Gasteiger partial charge in [0.2, 0.25) is 0 Å². The summed E-state index contributed by atoms with van der Waals surface area (Å²) in [5.74, 6) is 0. The Morgan fingerprint density at radius 3 is 1.37 bits per heavy atom. The molecule has 0 heteroatoms. The lowest BCUT2D eigenvalue weighted by Crippen LogP contribution is -2.16. The Labute approximate surface area is 309 Å². The first-order chi connectivity index (χ1) is 25.3. The molecule has 0 aromatic heterocycles. The summed E-state index contributed by atoms with van der Waals surface area (Å²) >= 11 is 0. The highest BCUT2D eigenvalue weighted by Gasteiger charge is 2.37. The van der Waals surface area contributed by atoms with Crippen molar-refractivity contribution in [2.24, 2.45) is 0 Å². The predicted molar refractivity (Wildman–Crippen MR) is 225 cm³/mol. The minimum Gasteiger partial charge on any atom is -0.0683 e. The van der Waals surface area contributed by atoms with Crippen LogP contribution in [-0.4, -0.2) is 0 Å². The molecule has 0 amide bonds. The highest BCUT2D eigenvalue weighted by molar-refractivity contribution is 5.93. The van der Waals surface area contributed by atoms with Crippen LogP contribution in [0.1, 0.15) is 63.8 Å². The first-order valence-corrected chi connectivity index (χ1v) is 18.8. The molecule has 0 aliphatic heterocycles. The van der Waals surface area contributed by atoms with Crippen molar-refractivity contribution in [1.29, 1.82) is 0 Å². The molecule has 0 saturated heterocycles. The van der Waals surface area contributed by atoms with Crippen LogP contribution in [-0.2, 0) is 10.8 Å². The smallest absolute Gasteiger partial charge is 0.0165 e. The molecule has 2 aliphatic rings. The van der Waals surface area contributed by atoms with Gasteiger partial charge in [-0.15, -0.1) is 0 Å². The van der Waals surface area contributed by atoms with E-state index < -0.39 is 0 Å². The number of hydrogen-bond acceptors (Lipinski definition) is 0. The van der Waals surface area contributed by atoms with Gasteiger partial charge in [-0.3, -0.25) is 0 Å². The van der Waals surface area contributed by atoms with Crippen molar-refractivity contribution < 1.29 is 0 Å². The summed E-state index contributed by atoms with van der Waals surface area (Å²) in [5, 5.41) is 5.18. The van der Waals surface area contributed by atoms with Gasteiger partial charge in [0.15, 0.2) is 0 Å². The zero-order valence-electron chi connectivity index (χ0n) is 31.2. The lowest BCUT2D eigenvalue weighted by molar-refractivity contribution is 0.660. The fourth-order valence-electron chi connectivity index (χ4n) is 8.70. The normalized spacial score (nSPS) is 13.9. The molecule has 8 aromatic rings. The van der Waals surface area contributed by atoms with Crippen LogP contribution in [0, 0.1) is 0 Å². The molecule has 0 fully saturated rings. The van der Waals surface area contributed by atoms with Crippen LogP contribution in [0.3, 0.4) is 0 Å². The molecule has 0 atom stereocenters. The van der Waals surface area contributed by atoms with Gasteiger partial charge in [-0.2, -0.15) is 0 Å². The largest absolute Gasteiger partial charge is 0.0683 e. The molecular weight excluding hydrogens is 625 g/mol. The van der Waals surface area contributed by atoms with Gasteiger partial charge in [-0.25, -0.2) is 0 Å². The molecular formula is C52H46. The van der Waals surface area contributed by atoms with Gasteiger partial charge < -0.3 is 0 Å². The fraction of sp³-hybridized carbons (Fsp3) is 0.154. The maximum absolute atomic E-state index is 2.39. The van der Waals surface area contributed by atoms with Crippen molar-refractivity contribution in [2.75, 3.05) is 0 Å². The van der Waals surface area contributed by atoms with Crippen molar-refractivity contribution in [3.63, 3.8) is 0 Å². The molecule has 8 aromatic carbocycles. The quantitative estimate of drug-likeness (QED) is 0.172. The minimum atomic E-state index is 0.0220. The Morgan fingerprint density at radius 1 is 0.288 bits per heavy atom. The van der Waals surface area contributed by atoms with Crippen LogP contribution in [0.5, 0.6) is 0 Å². The van der Waals surface area contributed by atoms with E-state index in [1.54, 1.807) is 0 Å². The van der Waals surface area contributed by atoms with Crippen molar-refractivity contribution in [2.45, 2.75) is 52.4 Å². The Kier molecular flexibility index (Phi) is 8.43. The highest BCUT2D eigenvalue weighted by atomic mass is 14.4. The predicted octanol–water partition coefficient (Wildman–Crippen LogP) is 14.7. The monoisotopic (exact) mass is 670 g/mol. The summed E-state index contributed by atoms with van der Waals surface area (Å²) in [6.07, 6.45) is 0. The Hall–Kier alpha value is -5.72. The first-order valence-electron chi connectivity index (χ1n) is 18.8. The number of rotatable bonds is 2. The summed E-state index contributed by atoms with van der Waals surface area (Å²) in [6.45, 7) is 13.4. The van der Waals surface area contributed by atoms with E-state index in [9.17, 15) is 0 Å². The molecule has 0 heterocycles. The lowest BCUT2D eigenvalue weighted by Gasteiger charge is -2.24. The summed E-state index contributed by atoms with van der Waals surface area (Å²) in [6, 6.07) is 62.0. The van der Waals surface area contributed by atoms with Crippen molar-refractivity contribution in [3.05, 3.63) is 192 Å². The van der Waals surface area contributed by atoms with E-state index in [1.165, 1.54) is 88.3 Å². The Morgan fingerprint density at radius 2 is 0.712 bits per heavy atom. The van der Waals surface area contributed by atoms with E-state index in [2.05, 4.69) is 198 Å². The molecule has 0 radical (unpaired) electrons. The van der Waals surface area contributed by atoms with Gasteiger partial charge in [-0.1, -0.05) is 193 Å². The molecule has 52 heavy (non-hydrogen) atoms. The van der Waals surface area contributed by atoms with Crippen LogP contribution in [0.15, 0.2) is 170 Å². The van der Waals surface area contributed by atoms with E-state index in [4.69, 9.17) is 0 Å². The van der Waals surface area contributed by atoms with Crippen LogP contribution in [0.4, 0.5) is 0 Å². The summed E-state index contributed by atoms with van der Waals surface area (Å²) in [5.41, 5.74) is 16.6. The van der Waals surface area contributed by atoms with Crippen molar-refractivity contribution in [1.82, 2.24) is 0 Å². The van der Waals surface area contributed by atoms with Gasteiger partial charge in [-0.05, 0) is 107 Å². The summed E-state index contributed by atoms with van der Waals surface area (Å²) < 4.78 is 0. The molecule has 0 spiro atoms. The fourth-order valence-corrected chi connectivity index (χ4v) is 8.70. The molecule has 0 unspecified atom stereocenters. The van der Waals surface area contributed by atoms with Gasteiger partial charge >= 0.3 is 0 Å². The maximum Gasteiger partial charge on any atom is 0.0165 e. The number of hydrogen-bond donors (Lipinski definition) is 0. The van der Waals surface area contributed by atoms with Crippen LogP contribution < -0.4 is 0 Å². The summed E-state index contributed by atoms with van der Waals surface area (Å²) in [4.78, 5) is 0. The second-order valence-electron chi connectivity index (χ2n) is 15.0. The van der Waals surface area contributed by atoms with Crippen LogP contribution >= 0.6 is 0 Å². The minimum absolute atomic E-state index is 0.0220. The zero-order valence-corrected chi connectivity index (χ0v) is 31.2. The number of benzene rings is 8. The maximum atomic E-state index is 2.39. The average molecular weight is 671 g/mol. The summed E-state index contributed by atoms with van der Waals surface area (Å²) in [7, 11) is 0. The molecule has 10 rings (SSSR count). The van der Waals surface area contributed by atoms with Crippen molar-refractivity contribution in [3.8, 4) is 44.5 Å². The van der Waals surface area contributed by atoms with E-state index in [-0.39, 0.29) is 10.8 Å². The average Bonchev–Trinajstić information content (AvgIpc) is 3.58. The Balaban J connectivity index is 0.000000142. The van der Waals surface area contributed by atoms with Gasteiger partial charge in [0.1, 0.15) is 0 Å². The number of fused-ring (bicyclic) bond motifs is 8. The van der Waals surface area contributed by atoms with E-state index in [0.29, 0.717) is 0 Å². The van der Waals surface area contributed by atoms with Crippen molar-refractivity contribution >= 4 is 21.5 Å². The second-order valence-corrected chi connectivity index (χ2v) is 15.0. The third kappa shape index (κ3) is 5.46. The highest BCUT2D eigenvalue weighted by Crippen LogP contribution is 2.52. The van der Waals surface area contributed by atoms with E-state index >= 15 is 0 Å².